The molecule has 0 bridgehead atoms. The number of rotatable bonds is 6. The van der Waals surface area contributed by atoms with Gasteiger partial charge in [-0.25, -0.2) is 8.78 Å². The molecule has 1 saturated carbocycles. The zero-order valence-corrected chi connectivity index (χ0v) is 22.7. The summed E-state index contributed by atoms with van der Waals surface area (Å²) in [5.41, 5.74) is 0.848. The average molecular weight is 580 g/mol. The molecule has 220 valence electrons. The van der Waals surface area contributed by atoms with Gasteiger partial charge >= 0.3 is 6.18 Å². The van der Waals surface area contributed by atoms with Gasteiger partial charge in [0.25, 0.3) is 11.8 Å². The summed E-state index contributed by atoms with van der Waals surface area (Å²) in [5, 5.41) is 8.16. The summed E-state index contributed by atoms with van der Waals surface area (Å²) < 4.78 is 72.4. The lowest BCUT2D eigenvalue weighted by molar-refractivity contribution is -0.138. The zero-order chi connectivity index (χ0) is 28.4. The lowest BCUT2D eigenvalue weighted by atomic mass is 9.91. The van der Waals surface area contributed by atoms with Gasteiger partial charge in [-0.1, -0.05) is 19.1 Å². The minimum atomic E-state index is -4.66. The number of carbonyl (C=O) groups is 1. The molecule has 1 aliphatic carbocycles. The van der Waals surface area contributed by atoms with Crippen LogP contribution in [0.15, 0.2) is 42.7 Å². The number of carbonyl (C=O) groups excluding carboxylic acids is 1. The Labute approximate surface area is 233 Å². The molecule has 41 heavy (non-hydrogen) atoms. The predicted octanol–water partition coefficient (Wildman–Crippen LogP) is 5.90. The summed E-state index contributed by atoms with van der Waals surface area (Å²) in [7, 11) is 1.88. The third-order valence-electron chi connectivity index (χ3n) is 8.75. The highest BCUT2D eigenvalue weighted by atomic mass is 19.4. The standard InChI is InChI=1S/C29H30F5N5O.FH/c1-18-14-38(9-8-28(18,30)31)15-19-10-22-23(24(11-19)29(32,33)34)16-39(26(22)40)21-5-3-4-20(12-21)27(6-7-27)13-25-36-35-17-37(25)2;/h3-5,10-12,17-18H,6-9,13-16H2,1-2H3;1H. The zero-order valence-electron chi connectivity index (χ0n) is 22.7. The highest BCUT2D eigenvalue weighted by Gasteiger charge is 2.46. The molecule has 12 heteroatoms. The molecule has 1 atom stereocenters. The number of anilines is 1. The monoisotopic (exact) mass is 579 g/mol. The number of benzene rings is 2. The van der Waals surface area contributed by atoms with Crippen LogP contribution in [-0.2, 0) is 38.1 Å². The first-order valence-corrected chi connectivity index (χ1v) is 13.4. The van der Waals surface area contributed by atoms with E-state index in [0.29, 0.717) is 17.7 Å². The Morgan fingerprint density at radius 2 is 1.85 bits per heavy atom. The lowest BCUT2D eigenvalue weighted by Gasteiger charge is -2.36. The second-order valence-corrected chi connectivity index (χ2v) is 11.6. The first kappa shape index (κ1) is 29.1. The second-order valence-electron chi connectivity index (χ2n) is 11.6. The van der Waals surface area contributed by atoms with E-state index in [-0.39, 0.29) is 53.8 Å². The van der Waals surface area contributed by atoms with Gasteiger partial charge in [-0.15, -0.1) is 10.2 Å². The van der Waals surface area contributed by atoms with Gasteiger partial charge in [0.05, 0.1) is 12.1 Å². The first-order chi connectivity index (χ1) is 18.9. The van der Waals surface area contributed by atoms with Crippen molar-refractivity contribution in [2.45, 2.75) is 63.2 Å². The molecule has 1 unspecified atom stereocenters. The van der Waals surface area contributed by atoms with Crippen molar-refractivity contribution >= 4 is 11.6 Å². The summed E-state index contributed by atoms with van der Waals surface area (Å²) >= 11 is 0. The van der Waals surface area contributed by atoms with Gasteiger partial charge in [0.15, 0.2) is 0 Å². The van der Waals surface area contributed by atoms with E-state index in [2.05, 4.69) is 10.2 Å². The van der Waals surface area contributed by atoms with E-state index in [1.165, 1.54) is 17.9 Å². The maximum absolute atomic E-state index is 14.2. The summed E-state index contributed by atoms with van der Waals surface area (Å²) in [6.07, 6.45) is -0.777. The Balaban J connectivity index is 0.00000337. The molecule has 0 radical (unpaired) electrons. The van der Waals surface area contributed by atoms with Crippen LogP contribution < -0.4 is 4.90 Å². The van der Waals surface area contributed by atoms with E-state index in [9.17, 15) is 26.7 Å². The minimum absolute atomic E-state index is 0. The number of alkyl halides is 5. The fraction of sp³-hybridized carbons (Fsp3) is 0.483. The van der Waals surface area contributed by atoms with Crippen LogP contribution >= 0.6 is 0 Å². The Hall–Kier alpha value is -3.41. The molecule has 2 aromatic carbocycles. The first-order valence-electron chi connectivity index (χ1n) is 13.4. The van der Waals surface area contributed by atoms with E-state index in [1.807, 2.05) is 29.8 Å². The van der Waals surface area contributed by atoms with Crippen molar-refractivity contribution in [2.24, 2.45) is 13.0 Å². The number of hydrogen-bond donors (Lipinski definition) is 0. The van der Waals surface area contributed by atoms with E-state index in [0.717, 1.165) is 30.3 Å². The quantitative estimate of drug-likeness (QED) is 0.342. The van der Waals surface area contributed by atoms with Crippen LogP contribution in [0.5, 0.6) is 0 Å². The number of hydrogen-bond acceptors (Lipinski definition) is 4. The van der Waals surface area contributed by atoms with Crippen LogP contribution in [0.4, 0.5) is 32.3 Å². The molecular weight excluding hydrogens is 548 g/mol. The van der Waals surface area contributed by atoms with Gasteiger partial charge in [0.2, 0.25) is 0 Å². The van der Waals surface area contributed by atoms with Crippen molar-refractivity contribution in [1.82, 2.24) is 19.7 Å². The van der Waals surface area contributed by atoms with Crippen LogP contribution in [0.25, 0.3) is 0 Å². The maximum atomic E-state index is 14.2. The van der Waals surface area contributed by atoms with E-state index in [1.54, 1.807) is 17.3 Å². The van der Waals surface area contributed by atoms with Crippen molar-refractivity contribution in [1.29, 1.82) is 0 Å². The number of aromatic nitrogens is 3. The topological polar surface area (TPSA) is 54.3 Å². The molecular formula is C29H31F6N5O. The predicted molar refractivity (Wildman–Crippen MR) is 141 cm³/mol. The molecule has 1 saturated heterocycles. The third-order valence-corrected chi connectivity index (χ3v) is 8.75. The van der Waals surface area contributed by atoms with Gasteiger partial charge in [0.1, 0.15) is 12.2 Å². The van der Waals surface area contributed by atoms with Gasteiger partial charge in [-0.2, -0.15) is 13.2 Å². The SMILES string of the molecule is CC1CN(Cc2cc3c(c(C(F)(F)F)c2)CN(c2cccc(C4(Cc5nncn5C)CC4)c2)C3=O)CCC1(F)F.F. The lowest BCUT2D eigenvalue weighted by Crippen LogP contribution is -2.45. The second kappa shape index (κ2) is 10.1. The van der Waals surface area contributed by atoms with Crippen LogP contribution in [0.1, 0.15) is 64.6 Å². The third kappa shape index (κ3) is 5.33. The van der Waals surface area contributed by atoms with Crippen molar-refractivity contribution in [3.8, 4) is 0 Å². The van der Waals surface area contributed by atoms with Crippen molar-refractivity contribution in [3.63, 3.8) is 0 Å². The molecule has 3 aliphatic rings. The molecule has 1 aromatic heterocycles. The van der Waals surface area contributed by atoms with Crippen molar-refractivity contribution in [2.75, 3.05) is 18.0 Å². The highest BCUT2D eigenvalue weighted by Crippen LogP contribution is 2.51. The fourth-order valence-electron chi connectivity index (χ4n) is 6.08. The van der Waals surface area contributed by atoms with E-state index < -0.39 is 29.5 Å². The molecule has 2 aliphatic heterocycles. The van der Waals surface area contributed by atoms with E-state index >= 15 is 0 Å². The van der Waals surface area contributed by atoms with Crippen LogP contribution in [-0.4, -0.2) is 44.6 Å². The number of likely N-dealkylation sites (tertiary alicyclic amines) is 1. The van der Waals surface area contributed by atoms with Gasteiger partial charge in [-0.05, 0) is 53.8 Å². The summed E-state index contributed by atoms with van der Waals surface area (Å²) in [6, 6.07) is 10.0. The van der Waals surface area contributed by atoms with Crippen LogP contribution in [0.3, 0.4) is 0 Å². The van der Waals surface area contributed by atoms with Crippen molar-refractivity contribution in [3.05, 3.63) is 76.4 Å². The molecule has 1 amide bonds. The Morgan fingerprint density at radius 3 is 2.49 bits per heavy atom. The molecule has 2 fully saturated rings. The average Bonchev–Trinajstić information content (AvgIpc) is 3.47. The number of nitrogens with zero attached hydrogens (tertiary/aromatic N) is 5. The molecule has 0 N–H and O–H groups in total. The van der Waals surface area contributed by atoms with Gasteiger partial charge in [0, 0.05) is 62.1 Å². The Kier molecular flexibility index (Phi) is 7.20. The minimum Gasteiger partial charge on any atom is -0.321 e. The maximum Gasteiger partial charge on any atom is 0.416 e. The Bertz CT molecular complexity index is 1460. The number of piperidine rings is 1. The number of amides is 1. The summed E-state index contributed by atoms with van der Waals surface area (Å²) in [5.74, 6) is -3.33. The normalized spacial score (nSPS) is 21.5. The number of aryl methyl sites for hydroxylation is 1. The molecule has 6 rings (SSSR count). The molecule has 3 heterocycles. The number of fused-ring (bicyclic) bond motifs is 1. The number of halogens is 6. The van der Waals surface area contributed by atoms with Gasteiger partial charge < -0.3 is 9.47 Å². The molecule has 3 aromatic rings. The summed E-state index contributed by atoms with van der Waals surface area (Å²) in [4.78, 5) is 16.7. The smallest absolute Gasteiger partial charge is 0.321 e. The Morgan fingerprint density at radius 1 is 1.10 bits per heavy atom. The van der Waals surface area contributed by atoms with Gasteiger partial charge in [-0.3, -0.25) is 14.4 Å². The molecule has 6 nitrogen and oxygen atoms in total. The highest BCUT2D eigenvalue weighted by molar-refractivity contribution is 6.10. The fourth-order valence-corrected chi connectivity index (χ4v) is 6.08. The van der Waals surface area contributed by atoms with Crippen LogP contribution in [0.2, 0.25) is 0 Å². The van der Waals surface area contributed by atoms with E-state index in [4.69, 9.17) is 0 Å². The molecule has 0 spiro atoms. The van der Waals surface area contributed by atoms with Crippen LogP contribution in [0, 0.1) is 5.92 Å². The largest absolute Gasteiger partial charge is 0.416 e. The van der Waals surface area contributed by atoms with Crippen molar-refractivity contribution < 1.29 is 31.5 Å². The summed E-state index contributed by atoms with van der Waals surface area (Å²) in [6.45, 7) is 1.50.